The summed E-state index contributed by atoms with van der Waals surface area (Å²) in [5.41, 5.74) is 3.03. The van der Waals surface area contributed by atoms with Gasteiger partial charge in [0, 0.05) is 31.7 Å². The maximum absolute atomic E-state index is 12.6. The van der Waals surface area contributed by atoms with Crippen LogP contribution in [0, 0.1) is 0 Å². The van der Waals surface area contributed by atoms with Crippen molar-refractivity contribution in [2.45, 2.75) is 25.5 Å². The van der Waals surface area contributed by atoms with Crippen molar-refractivity contribution in [1.82, 2.24) is 10.2 Å². The average molecular weight is 379 g/mol. The first kappa shape index (κ1) is 18.5. The Morgan fingerprint density at radius 1 is 1.07 bits per heavy atom. The van der Waals surface area contributed by atoms with Crippen LogP contribution < -0.4 is 10.2 Å². The molecule has 0 spiro atoms. The lowest BCUT2D eigenvalue weighted by Gasteiger charge is -2.33. The smallest absolute Gasteiger partial charge is 0.317 e. The maximum Gasteiger partial charge on any atom is 0.317 e. The van der Waals surface area contributed by atoms with Crippen molar-refractivity contribution in [2.75, 3.05) is 31.1 Å². The minimum absolute atomic E-state index is 0.0805. The third-order valence-electron chi connectivity index (χ3n) is 5.29. The van der Waals surface area contributed by atoms with Crippen LogP contribution in [0.4, 0.5) is 10.5 Å². The number of hydrogen-bond donors (Lipinski definition) is 1. The number of amides is 3. The molecular formula is C22H25N3O3. The number of nitrogens with one attached hydrogen (secondary N) is 1. The monoisotopic (exact) mass is 379 g/mol. The molecule has 0 unspecified atom stereocenters. The van der Waals surface area contributed by atoms with E-state index in [9.17, 15) is 9.59 Å². The van der Waals surface area contributed by atoms with Crippen molar-refractivity contribution in [2.24, 2.45) is 0 Å². The standard InChI is InChI=1S/C22H25N3O3/c26-21-7-4-12-25(21)19-10-8-17(9-11-19)15-23-22(27)24-13-14-28-20(16-24)18-5-2-1-3-6-18/h1-3,5-6,8-11,20H,4,7,12-16H2,(H,23,27)/t20-/m0/s1. The average Bonchev–Trinajstić information content (AvgIpc) is 3.19. The van der Waals surface area contributed by atoms with Gasteiger partial charge in [-0.25, -0.2) is 4.79 Å². The van der Waals surface area contributed by atoms with Gasteiger partial charge in [-0.05, 0) is 29.7 Å². The van der Waals surface area contributed by atoms with Gasteiger partial charge in [0.2, 0.25) is 5.91 Å². The van der Waals surface area contributed by atoms with Gasteiger partial charge in [-0.1, -0.05) is 42.5 Å². The fourth-order valence-corrected chi connectivity index (χ4v) is 3.71. The lowest BCUT2D eigenvalue weighted by Crippen LogP contribution is -2.46. The first-order chi connectivity index (χ1) is 13.7. The topological polar surface area (TPSA) is 61.9 Å². The van der Waals surface area contributed by atoms with E-state index >= 15 is 0 Å². The van der Waals surface area contributed by atoms with Gasteiger partial charge in [-0.3, -0.25) is 4.79 Å². The summed E-state index contributed by atoms with van der Waals surface area (Å²) in [6, 6.07) is 17.7. The number of morpholine rings is 1. The van der Waals surface area contributed by atoms with E-state index in [0.29, 0.717) is 32.7 Å². The van der Waals surface area contributed by atoms with E-state index in [1.807, 2.05) is 59.5 Å². The van der Waals surface area contributed by atoms with E-state index < -0.39 is 0 Å². The van der Waals surface area contributed by atoms with Gasteiger partial charge in [-0.15, -0.1) is 0 Å². The molecule has 28 heavy (non-hydrogen) atoms. The third kappa shape index (κ3) is 4.17. The highest BCUT2D eigenvalue weighted by Gasteiger charge is 2.25. The van der Waals surface area contributed by atoms with E-state index in [0.717, 1.165) is 29.8 Å². The minimum atomic E-state index is -0.0852. The fourth-order valence-electron chi connectivity index (χ4n) is 3.71. The highest BCUT2D eigenvalue weighted by molar-refractivity contribution is 5.95. The Balaban J connectivity index is 1.31. The fraction of sp³-hybridized carbons (Fsp3) is 0.364. The molecule has 3 amide bonds. The molecule has 0 aromatic heterocycles. The number of carbonyl (C=O) groups is 2. The second-order valence-corrected chi connectivity index (χ2v) is 7.19. The quantitative estimate of drug-likeness (QED) is 0.888. The summed E-state index contributed by atoms with van der Waals surface area (Å²) < 4.78 is 5.82. The van der Waals surface area contributed by atoms with Gasteiger partial charge in [0.25, 0.3) is 0 Å². The van der Waals surface area contributed by atoms with E-state index in [1.165, 1.54) is 0 Å². The molecule has 2 aliphatic heterocycles. The van der Waals surface area contributed by atoms with Crippen LogP contribution in [0.25, 0.3) is 0 Å². The number of rotatable bonds is 4. The van der Waals surface area contributed by atoms with Gasteiger partial charge < -0.3 is 19.9 Å². The molecule has 6 heteroatoms. The second-order valence-electron chi connectivity index (χ2n) is 7.19. The Kier molecular flexibility index (Phi) is 5.58. The lowest BCUT2D eigenvalue weighted by atomic mass is 10.1. The zero-order chi connectivity index (χ0) is 19.3. The molecule has 2 saturated heterocycles. The van der Waals surface area contributed by atoms with Gasteiger partial charge in [-0.2, -0.15) is 0 Å². The van der Waals surface area contributed by atoms with Crippen molar-refractivity contribution in [3.8, 4) is 0 Å². The van der Waals surface area contributed by atoms with Gasteiger partial charge in [0.1, 0.15) is 6.10 Å². The Hall–Kier alpha value is -2.86. The van der Waals surface area contributed by atoms with Crippen LogP contribution in [0.3, 0.4) is 0 Å². The van der Waals surface area contributed by atoms with Crippen LogP contribution in [0.15, 0.2) is 54.6 Å². The highest BCUT2D eigenvalue weighted by atomic mass is 16.5. The maximum atomic E-state index is 12.6. The van der Waals surface area contributed by atoms with Crippen molar-refractivity contribution in [1.29, 1.82) is 0 Å². The van der Waals surface area contributed by atoms with Gasteiger partial charge in [0.05, 0.1) is 13.2 Å². The summed E-state index contributed by atoms with van der Waals surface area (Å²) in [6.07, 6.45) is 1.46. The Morgan fingerprint density at radius 2 is 1.86 bits per heavy atom. The third-order valence-corrected chi connectivity index (χ3v) is 5.29. The van der Waals surface area contributed by atoms with Crippen LogP contribution in [0.5, 0.6) is 0 Å². The van der Waals surface area contributed by atoms with Crippen LogP contribution in [0.2, 0.25) is 0 Å². The number of hydrogen-bond acceptors (Lipinski definition) is 3. The molecule has 2 aliphatic rings. The summed E-state index contributed by atoms with van der Waals surface area (Å²) in [7, 11) is 0. The Bertz CT molecular complexity index is 823. The first-order valence-electron chi connectivity index (χ1n) is 9.79. The summed E-state index contributed by atoms with van der Waals surface area (Å²) in [6.45, 7) is 2.91. The summed E-state index contributed by atoms with van der Waals surface area (Å²) >= 11 is 0. The van der Waals surface area contributed by atoms with Crippen LogP contribution in [0.1, 0.15) is 30.1 Å². The molecule has 2 heterocycles. The van der Waals surface area contributed by atoms with Gasteiger partial charge in [0.15, 0.2) is 0 Å². The molecule has 0 saturated carbocycles. The number of benzene rings is 2. The number of carbonyl (C=O) groups excluding carboxylic acids is 2. The SMILES string of the molecule is O=C(NCc1ccc(N2CCCC2=O)cc1)N1CCO[C@H](c2ccccc2)C1. The summed E-state index contributed by atoms with van der Waals surface area (Å²) in [5, 5.41) is 2.99. The Morgan fingerprint density at radius 3 is 2.57 bits per heavy atom. The molecule has 1 N–H and O–H groups in total. The predicted molar refractivity (Wildman–Crippen MR) is 107 cm³/mol. The largest absolute Gasteiger partial charge is 0.370 e. The van der Waals surface area contributed by atoms with Crippen molar-refractivity contribution < 1.29 is 14.3 Å². The molecule has 2 fully saturated rings. The van der Waals surface area contributed by atoms with E-state index in [1.54, 1.807) is 4.90 Å². The molecule has 1 atom stereocenters. The first-order valence-corrected chi connectivity index (χ1v) is 9.79. The Labute approximate surface area is 165 Å². The molecular weight excluding hydrogens is 354 g/mol. The highest BCUT2D eigenvalue weighted by Crippen LogP contribution is 2.23. The summed E-state index contributed by atoms with van der Waals surface area (Å²) in [4.78, 5) is 28.0. The van der Waals surface area contributed by atoms with E-state index in [-0.39, 0.29) is 18.0 Å². The zero-order valence-corrected chi connectivity index (χ0v) is 15.8. The van der Waals surface area contributed by atoms with Crippen molar-refractivity contribution >= 4 is 17.6 Å². The lowest BCUT2D eigenvalue weighted by molar-refractivity contribution is -0.117. The zero-order valence-electron chi connectivity index (χ0n) is 15.8. The minimum Gasteiger partial charge on any atom is -0.370 e. The molecule has 0 bridgehead atoms. The van der Waals surface area contributed by atoms with Crippen molar-refractivity contribution in [3.63, 3.8) is 0 Å². The number of urea groups is 1. The van der Waals surface area contributed by atoms with Crippen LogP contribution >= 0.6 is 0 Å². The van der Waals surface area contributed by atoms with Crippen molar-refractivity contribution in [3.05, 3.63) is 65.7 Å². The molecule has 4 rings (SSSR count). The van der Waals surface area contributed by atoms with Gasteiger partial charge >= 0.3 is 6.03 Å². The number of nitrogens with zero attached hydrogens (tertiary/aromatic N) is 2. The normalized spacial score (nSPS) is 19.7. The predicted octanol–water partition coefficient (Wildman–Crippen LogP) is 3.10. The van der Waals surface area contributed by atoms with Crippen LogP contribution in [-0.2, 0) is 16.1 Å². The molecule has 6 nitrogen and oxygen atoms in total. The van der Waals surface area contributed by atoms with E-state index in [2.05, 4.69) is 5.32 Å². The number of anilines is 1. The second kappa shape index (κ2) is 8.44. The number of ether oxygens (including phenoxy) is 1. The molecule has 146 valence electrons. The van der Waals surface area contributed by atoms with Crippen LogP contribution in [-0.4, -0.2) is 43.1 Å². The molecule has 0 radical (unpaired) electrons. The molecule has 2 aromatic carbocycles. The summed E-state index contributed by atoms with van der Waals surface area (Å²) in [5.74, 6) is 0.182. The molecule has 2 aromatic rings. The van der Waals surface area contributed by atoms with E-state index in [4.69, 9.17) is 4.74 Å². The molecule has 0 aliphatic carbocycles.